The van der Waals surface area contributed by atoms with Crippen LogP contribution >= 0.6 is 23.2 Å². The van der Waals surface area contributed by atoms with E-state index in [-0.39, 0.29) is 36.0 Å². The molecular weight excluding hydrogens is 769 g/mol. The Morgan fingerprint density at radius 1 is 0.661 bits per heavy atom. The number of sulfone groups is 1. The highest BCUT2D eigenvalue weighted by molar-refractivity contribution is 7.94. The molecule has 0 saturated carbocycles. The molecule has 0 saturated heterocycles. The minimum atomic E-state index is -4.84. The van der Waals surface area contributed by atoms with E-state index in [0.29, 0.717) is 31.6 Å². The zero-order chi connectivity index (χ0) is 41.5. The second-order valence-corrected chi connectivity index (χ2v) is 19.2. The largest absolute Gasteiger partial charge is 0.394 e. The van der Waals surface area contributed by atoms with E-state index >= 15 is 0 Å². The second kappa shape index (κ2) is 32.8. The van der Waals surface area contributed by atoms with Crippen LogP contribution in [0.5, 0.6) is 0 Å². The Balaban J connectivity index is 2.99. The zero-order valence-corrected chi connectivity index (χ0v) is 37.8. The number of carbonyl (C=O) groups excluding carboxylic acids is 2. The van der Waals surface area contributed by atoms with Crippen molar-refractivity contribution in [1.29, 1.82) is 0 Å². The van der Waals surface area contributed by atoms with Crippen LogP contribution in [-0.4, -0.2) is 87.9 Å². The maximum atomic E-state index is 14.2. The van der Waals surface area contributed by atoms with Gasteiger partial charge in [0.1, 0.15) is 6.10 Å². The van der Waals surface area contributed by atoms with E-state index in [2.05, 4.69) is 13.8 Å². The van der Waals surface area contributed by atoms with Crippen molar-refractivity contribution in [2.75, 3.05) is 31.5 Å². The number of ketones is 2. The Labute approximate surface area is 352 Å². The van der Waals surface area contributed by atoms with Gasteiger partial charge >= 0.3 is 0 Å². The van der Waals surface area contributed by atoms with Gasteiger partial charge in [-0.3, -0.25) is 9.59 Å². The number of hydrogen-bond acceptors (Lipinski definition) is 8. The SMILES string of the molecule is CCCCCCCCCCCCCCCC(=O)C1=C(N(CCCl)CCCl)C=CC(C(=O)CCCCCCCCCCCCCCC)(S(=O)(=O)C(O)C(O)CO)C1. The molecule has 56 heavy (non-hydrogen) atoms. The zero-order valence-electron chi connectivity index (χ0n) is 35.4. The minimum absolute atomic E-state index is 0.0496. The highest BCUT2D eigenvalue weighted by Crippen LogP contribution is 2.40. The van der Waals surface area contributed by atoms with E-state index in [9.17, 15) is 33.3 Å². The van der Waals surface area contributed by atoms with Crippen LogP contribution in [0.4, 0.5) is 0 Å². The summed E-state index contributed by atoms with van der Waals surface area (Å²) in [5.41, 5.74) is -1.72. The van der Waals surface area contributed by atoms with E-state index in [4.69, 9.17) is 23.2 Å². The van der Waals surface area contributed by atoms with Crippen molar-refractivity contribution in [2.45, 2.75) is 216 Å². The number of halogens is 2. The third kappa shape index (κ3) is 19.9. The summed E-state index contributed by atoms with van der Waals surface area (Å²) in [7, 11) is -4.84. The summed E-state index contributed by atoms with van der Waals surface area (Å²) in [6.07, 6.45) is 30.2. The number of rotatable bonds is 39. The first-order valence-electron chi connectivity index (χ1n) is 22.6. The fraction of sp³-hybridized carbons (Fsp3) is 0.867. The first-order valence-corrected chi connectivity index (χ1v) is 25.3. The van der Waals surface area contributed by atoms with Crippen molar-refractivity contribution in [1.82, 2.24) is 4.90 Å². The van der Waals surface area contributed by atoms with Gasteiger partial charge < -0.3 is 20.2 Å². The molecule has 0 fully saturated rings. The molecule has 3 unspecified atom stereocenters. The Morgan fingerprint density at radius 3 is 1.41 bits per heavy atom. The van der Waals surface area contributed by atoms with E-state index in [1.54, 1.807) is 0 Å². The summed E-state index contributed by atoms with van der Waals surface area (Å²) in [5, 5.41) is 30.7. The van der Waals surface area contributed by atoms with Gasteiger partial charge in [0.2, 0.25) is 0 Å². The van der Waals surface area contributed by atoms with Crippen LogP contribution in [-0.2, 0) is 19.4 Å². The number of alkyl halides is 2. The van der Waals surface area contributed by atoms with Gasteiger partial charge in [0.15, 0.2) is 31.6 Å². The van der Waals surface area contributed by atoms with Gasteiger partial charge in [0.05, 0.1) is 6.61 Å². The molecule has 0 heterocycles. The van der Waals surface area contributed by atoms with Crippen LogP contribution in [0.15, 0.2) is 23.4 Å². The van der Waals surface area contributed by atoms with Gasteiger partial charge in [0.25, 0.3) is 0 Å². The molecule has 328 valence electrons. The van der Waals surface area contributed by atoms with E-state index in [1.165, 1.54) is 121 Å². The Bertz CT molecular complexity index is 1200. The molecule has 1 rings (SSSR count). The van der Waals surface area contributed by atoms with Gasteiger partial charge in [-0.15, -0.1) is 23.2 Å². The molecule has 8 nitrogen and oxygen atoms in total. The fourth-order valence-corrected chi connectivity index (χ4v) is 10.2. The highest BCUT2D eigenvalue weighted by Gasteiger charge is 2.55. The maximum absolute atomic E-state index is 14.2. The number of carbonyl (C=O) groups is 2. The van der Waals surface area contributed by atoms with Crippen LogP contribution in [0.25, 0.3) is 0 Å². The average molecular weight is 851 g/mol. The summed E-state index contributed by atoms with van der Waals surface area (Å²) in [6.45, 7) is 4.19. The lowest BCUT2D eigenvalue weighted by atomic mass is 9.83. The van der Waals surface area contributed by atoms with Crippen LogP contribution in [0, 0.1) is 0 Å². The molecule has 11 heteroatoms. The Kier molecular flexibility index (Phi) is 31.1. The van der Waals surface area contributed by atoms with E-state index in [1.807, 2.05) is 4.90 Å². The lowest BCUT2D eigenvalue weighted by Gasteiger charge is -2.38. The molecule has 0 bridgehead atoms. The summed E-state index contributed by atoms with van der Waals surface area (Å²) in [6, 6.07) is 0. The summed E-state index contributed by atoms with van der Waals surface area (Å²) in [5.74, 6) is -0.367. The highest BCUT2D eigenvalue weighted by atomic mass is 35.5. The molecule has 0 aliphatic heterocycles. The van der Waals surface area contributed by atoms with E-state index in [0.717, 1.165) is 44.9 Å². The number of unbranched alkanes of at least 4 members (excludes halogenated alkanes) is 24. The quantitative estimate of drug-likeness (QED) is 0.0411. The van der Waals surface area contributed by atoms with Crippen LogP contribution in [0.2, 0.25) is 0 Å². The molecule has 0 spiro atoms. The smallest absolute Gasteiger partial charge is 0.196 e. The number of aliphatic hydroxyl groups excluding tert-OH is 3. The van der Waals surface area contributed by atoms with Crippen molar-refractivity contribution < 1.29 is 33.3 Å². The van der Waals surface area contributed by atoms with Gasteiger partial charge in [-0.2, -0.15) is 0 Å². The second-order valence-electron chi connectivity index (χ2n) is 16.1. The van der Waals surface area contributed by atoms with Crippen molar-refractivity contribution in [3.63, 3.8) is 0 Å². The lowest BCUT2D eigenvalue weighted by molar-refractivity contribution is -0.120. The predicted molar refractivity (Wildman–Crippen MR) is 235 cm³/mol. The third-order valence-corrected chi connectivity index (χ3v) is 14.3. The molecule has 0 aromatic carbocycles. The van der Waals surface area contributed by atoms with Crippen molar-refractivity contribution >= 4 is 44.6 Å². The first kappa shape index (κ1) is 53.0. The molecule has 0 radical (unpaired) electrons. The molecule has 3 atom stereocenters. The third-order valence-electron chi connectivity index (χ3n) is 11.5. The topological polar surface area (TPSA) is 132 Å². The number of hydrogen-bond donors (Lipinski definition) is 3. The van der Waals surface area contributed by atoms with Crippen LogP contribution in [0.1, 0.15) is 200 Å². The summed E-state index contributed by atoms with van der Waals surface area (Å²) in [4.78, 5) is 30.1. The Hall–Kier alpha value is -0.970. The first-order chi connectivity index (χ1) is 27.1. The van der Waals surface area contributed by atoms with Crippen molar-refractivity contribution in [3.8, 4) is 0 Å². The molecule has 1 aliphatic rings. The number of Topliss-reactive ketones (excluding diaryl/α,β-unsaturated/α-hetero) is 2. The molecule has 3 N–H and O–H groups in total. The maximum Gasteiger partial charge on any atom is 0.196 e. The number of nitrogens with zero attached hydrogens (tertiary/aromatic N) is 1. The lowest BCUT2D eigenvalue weighted by Crippen LogP contribution is -2.54. The van der Waals surface area contributed by atoms with Gasteiger partial charge in [0, 0.05) is 55.4 Å². The predicted octanol–water partition coefficient (Wildman–Crippen LogP) is 10.9. The molecule has 1 aliphatic carbocycles. The minimum Gasteiger partial charge on any atom is -0.394 e. The number of aliphatic hydroxyl groups is 3. The molecular formula is C45H81Cl2NO7S. The monoisotopic (exact) mass is 850 g/mol. The fourth-order valence-electron chi connectivity index (χ4n) is 7.85. The summed E-state index contributed by atoms with van der Waals surface area (Å²) >= 11 is 12.3. The van der Waals surface area contributed by atoms with Crippen LogP contribution < -0.4 is 0 Å². The Morgan fingerprint density at radius 2 is 1.04 bits per heavy atom. The summed E-state index contributed by atoms with van der Waals surface area (Å²) < 4.78 is 26.1. The average Bonchev–Trinajstić information content (AvgIpc) is 3.20. The van der Waals surface area contributed by atoms with Crippen molar-refractivity contribution in [3.05, 3.63) is 23.4 Å². The molecule has 0 aromatic heterocycles. The molecule has 0 amide bonds. The van der Waals surface area contributed by atoms with Crippen molar-refractivity contribution in [2.24, 2.45) is 0 Å². The molecule has 0 aromatic rings. The van der Waals surface area contributed by atoms with Crippen LogP contribution in [0.3, 0.4) is 0 Å². The van der Waals surface area contributed by atoms with Gasteiger partial charge in [-0.1, -0.05) is 174 Å². The normalized spacial score (nSPS) is 17.1. The standard InChI is InChI=1S/C45H81Cl2NO7S/c1-3-5-7-9-11-13-15-17-19-21-23-25-27-29-41(50)39-37-45(56(54,55)44(53)42(51)38-49,32-31-40(39)48(35-33-46)36-34-47)43(52)30-28-26-24-22-20-18-16-14-12-10-8-6-4-2/h31-32,42,44,49,51,53H,3-30,33-38H2,1-2H3. The number of allylic oxidation sites excluding steroid dienone is 2. The van der Waals surface area contributed by atoms with E-state index < -0.39 is 44.9 Å². The van der Waals surface area contributed by atoms with Gasteiger partial charge in [-0.05, 0) is 18.9 Å². The van der Waals surface area contributed by atoms with Gasteiger partial charge in [-0.25, -0.2) is 8.42 Å².